The van der Waals surface area contributed by atoms with Gasteiger partial charge >= 0.3 is 0 Å². The van der Waals surface area contributed by atoms with E-state index in [0.717, 1.165) is 11.5 Å². The van der Waals surface area contributed by atoms with Gasteiger partial charge in [0, 0.05) is 12.1 Å². The Balaban J connectivity index is 1.98. The zero-order valence-electron chi connectivity index (χ0n) is 10.7. The first-order chi connectivity index (χ1) is 8.16. The van der Waals surface area contributed by atoms with Gasteiger partial charge in [-0.2, -0.15) is 0 Å². The molecule has 0 heterocycles. The number of halogens is 1. The standard InChI is InChI=1S/C15H22FN/c1-11-6-3-4-9-15(11)17-12(2)13-7-5-8-14(16)10-13/h5,7-8,10-12,15,17H,3-4,6,9H2,1-2H3. The van der Waals surface area contributed by atoms with Crippen LogP contribution in [-0.2, 0) is 0 Å². The van der Waals surface area contributed by atoms with Gasteiger partial charge in [0.05, 0.1) is 0 Å². The Morgan fingerprint density at radius 3 is 2.76 bits per heavy atom. The maximum absolute atomic E-state index is 13.2. The minimum absolute atomic E-state index is 0.146. The lowest BCUT2D eigenvalue weighted by Crippen LogP contribution is -2.38. The zero-order chi connectivity index (χ0) is 12.3. The summed E-state index contributed by atoms with van der Waals surface area (Å²) in [7, 11) is 0. The van der Waals surface area contributed by atoms with Crippen molar-refractivity contribution in [1.82, 2.24) is 5.32 Å². The number of hydrogen-bond donors (Lipinski definition) is 1. The smallest absolute Gasteiger partial charge is 0.123 e. The maximum atomic E-state index is 13.2. The molecule has 0 aromatic heterocycles. The first-order valence-corrected chi connectivity index (χ1v) is 6.68. The Morgan fingerprint density at radius 2 is 2.06 bits per heavy atom. The normalized spacial score (nSPS) is 26.8. The van der Waals surface area contributed by atoms with Gasteiger partial charge in [0.15, 0.2) is 0 Å². The molecule has 0 radical (unpaired) electrons. The molecule has 2 heteroatoms. The summed E-state index contributed by atoms with van der Waals surface area (Å²) in [5.74, 6) is 0.590. The molecule has 0 aliphatic heterocycles. The van der Waals surface area contributed by atoms with E-state index in [0.29, 0.717) is 6.04 Å². The molecule has 1 fully saturated rings. The lowest BCUT2D eigenvalue weighted by Gasteiger charge is -2.32. The number of hydrogen-bond acceptors (Lipinski definition) is 1. The molecule has 0 amide bonds. The molecule has 3 unspecified atom stereocenters. The van der Waals surface area contributed by atoms with Crippen LogP contribution >= 0.6 is 0 Å². The third-order valence-corrected chi connectivity index (χ3v) is 3.92. The van der Waals surface area contributed by atoms with Gasteiger partial charge in [0.2, 0.25) is 0 Å². The Labute approximate surface area is 103 Å². The third kappa shape index (κ3) is 3.29. The molecule has 1 aromatic carbocycles. The van der Waals surface area contributed by atoms with E-state index < -0.39 is 0 Å². The van der Waals surface area contributed by atoms with Crippen LogP contribution in [0.3, 0.4) is 0 Å². The Morgan fingerprint density at radius 1 is 1.29 bits per heavy atom. The van der Waals surface area contributed by atoms with Crippen molar-refractivity contribution in [3.8, 4) is 0 Å². The summed E-state index contributed by atoms with van der Waals surface area (Å²) in [5, 5.41) is 3.65. The maximum Gasteiger partial charge on any atom is 0.123 e. The molecule has 0 saturated heterocycles. The summed E-state index contributed by atoms with van der Waals surface area (Å²) in [6.07, 6.45) is 5.24. The highest BCUT2D eigenvalue weighted by atomic mass is 19.1. The monoisotopic (exact) mass is 235 g/mol. The zero-order valence-corrected chi connectivity index (χ0v) is 10.7. The molecule has 94 valence electrons. The minimum Gasteiger partial charge on any atom is -0.307 e. The van der Waals surface area contributed by atoms with Gasteiger partial charge in [-0.1, -0.05) is 31.9 Å². The average Bonchev–Trinajstić information content (AvgIpc) is 2.32. The van der Waals surface area contributed by atoms with Crippen LogP contribution in [0.4, 0.5) is 4.39 Å². The molecular weight excluding hydrogens is 213 g/mol. The summed E-state index contributed by atoms with van der Waals surface area (Å²) < 4.78 is 13.2. The summed E-state index contributed by atoms with van der Waals surface area (Å²) in [4.78, 5) is 0. The second kappa shape index (κ2) is 5.63. The van der Waals surface area contributed by atoms with Gasteiger partial charge in [0.1, 0.15) is 5.82 Å². The van der Waals surface area contributed by atoms with Crippen LogP contribution in [0.15, 0.2) is 24.3 Å². The molecule has 0 bridgehead atoms. The SMILES string of the molecule is CC(NC1CCCCC1C)c1cccc(F)c1. The van der Waals surface area contributed by atoms with Crippen molar-refractivity contribution in [1.29, 1.82) is 0 Å². The second-order valence-corrected chi connectivity index (χ2v) is 5.31. The third-order valence-electron chi connectivity index (χ3n) is 3.92. The first-order valence-electron chi connectivity index (χ1n) is 6.68. The summed E-state index contributed by atoms with van der Waals surface area (Å²) in [6.45, 7) is 4.44. The number of nitrogens with one attached hydrogen (secondary N) is 1. The minimum atomic E-state index is -0.146. The quantitative estimate of drug-likeness (QED) is 0.833. The van der Waals surface area contributed by atoms with Crippen molar-refractivity contribution in [3.05, 3.63) is 35.6 Å². The highest BCUT2D eigenvalue weighted by molar-refractivity contribution is 5.19. The Bertz CT molecular complexity index is 364. The first kappa shape index (κ1) is 12.6. The molecule has 0 spiro atoms. The van der Waals surface area contributed by atoms with E-state index in [-0.39, 0.29) is 11.9 Å². The Kier molecular flexibility index (Phi) is 4.16. The van der Waals surface area contributed by atoms with Crippen LogP contribution in [0, 0.1) is 11.7 Å². The fraction of sp³-hybridized carbons (Fsp3) is 0.600. The van der Waals surface area contributed by atoms with Crippen LogP contribution in [0.5, 0.6) is 0 Å². The van der Waals surface area contributed by atoms with E-state index in [2.05, 4.69) is 19.2 Å². The van der Waals surface area contributed by atoms with Crippen molar-refractivity contribution in [2.24, 2.45) is 5.92 Å². The molecule has 3 atom stereocenters. The van der Waals surface area contributed by atoms with E-state index in [4.69, 9.17) is 0 Å². The fourth-order valence-electron chi connectivity index (χ4n) is 2.76. The second-order valence-electron chi connectivity index (χ2n) is 5.31. The molecule has 2 rings (SSSR count). The van der Waals surface area contributed by atoms with Crippen LogP contribution in [0.25, 0.3) is 0 Å². The highest BCUT2D eigenvalue weighted by Crippen LogP contribution is 2.26. The van der Waals surface area contributed by atoms with Gasteiger partial charge in [-0.15, -0.1) is 0 Å². The van der Waals surface area contributed by atoms with Gasteiger partial charge in [-0.25, -0.2) is 4.39 Å². The fourth-order valence-corrected chi connectivity index (χ4v) is 2.76. The lowest BCUT2D eigenvalue weighted by molar-refractivity contribution is 0.263. The van der Waals surface area contributed by atoms with Crippen molar-refractivity contribution < 1.29 is 4.39 Å². The predicted molar refractivity (Wildman–Crippen MR) is 69.4 cm³/mol. The average molecular weight is 235 g/mol. The molecule has 1 saturated carbocycles. The molecule has 1 aliphatic rings. The van der Waals surface area contributed by atoms with Gasteiger partial charge in [-0.05, 0) is 43.4 Å². The van der Waals surface area contributed by atoms with E-state index in [1.165, 1.54) is 31.7 Å². The molecule has 1 aromatic rings. The van der Waals surface area contributed by atoms with Gasteiger partial charge < -0.3 is 5.32 Å². The van der Waals surface area contributed by atoms with Crippen LogP contribution in [0.1, 0.15) is 51.1 Å². The van der Waals surface area contributed by atoms with E-state index in [1.54, 1.807) is 12.1 Å². The summed E-state index contributed by atoms with van der Waals surface area (Å²) in [6, 6.07) is 7.73. The summed E-state index contributed by atoms with van der Waals surface area (Å²) in [5.41, 5.74) is 1.04. The van der Waals surface area contributed by atoms with Crippen LogP contribution in [-0.4, -0.2) is 6.04 Å². The van der Waals surface area contributed by atoms with Crippen molar-refractivity contribution in [3.63, 3.8) is 0 Å². The highest BCUT2D eigenvalue weighted by Gasteiger charge is 2.22. The van der Waals surface area contributed by atoms with E-state index in [9.17, 15) is 4.39 Å². The van der Waals surface area contributed by atoms with Crippen molar-refractivity contribution >= 4 is 0 Å². The summed E-state index contributed by atoms with van der Waals surface area (Å²) >= 11 is 0. The van der Waals surface area contributed by atoms with Gasteiger partial charge in [0.25, 0.3) is 0 Å². The van der Waals surface area contributed by atoms with Crippen molar-refractivity contribution in [2.75, 3.05) is 0 Å². The van der Waals surface area contributed by atoms with Crippen LogP contribution < -0.4 is 5.32 Å². The van der Waals surface area contributed by atoms with Crippen LogP contribution in [0.2, 0.25) is 0 Å². The molecule has 17 heavy (non-hydrogen) atoms. The van der Waals surface area contributed by atoms with E-state index >= 15 is 0 Å². The molecule has 1 nitrogen and oxygen atoms in total. The molecule has 1 aliphatic carbocycles. The lowest BCUT2D eigenvalue weighted by atomic mass is 9.85. The Hall–Kier alpha value is -0.890. The molecule has 1 N–H and O–H groups in total. The number of rotatable bonds is 3. The predicted octanol–water partition coefficient (Wildman–Crippen LogP) is 4.06. The molecular formula is C15H22FN. The van der Waals surface area contributed by atoms with Gasteiger partial charge in [-0.3, -0.25) is 0 Å². The van der Waals surface area contributed by atoms with Crippen molar-refractivity contribution in [2.45, 2.75) is 51.6 Å². The number of benzene rings is 1. The largest absolute Gasteiger partial charge is 0.307 e. The topological polar surface area (TPSA) is 12.0 Å². The van der Waals surface area contributed by atoms with E-state index in [1.807, 2.05) is 6.07 Å².